The zero-order chi connectivity index (χ0) is 16.3. The summed E-state index contributed by atoms with van der Waals surface area (Å²) in [5, 5.41) is 0. The molecule has 23 heavy (non-hydrogen) atoms. The maximum Gasteiger partial charge on any atom is 0.0575 e. The zero-order valence-electron chi connectivity index (χ0n) is 15.8. The van der Waals surface area contributed by atoms with E-state index < -0.39 is 0 Å². The molecule has 0 amide bonds. The molecule has 0 unspecified atom stereocenters. The topological polar surface area (TPSA) is 9.23 Å². The van der Waals surface area contributed by atoms with E-state index in [4.69, 9.17) is 4.74 Å². The van der Waals surface area contributed by atoms with Gasteiger partial charge < -0.3 is 4.74 Å². The van der Waals surface area contributed by atoms with Gasteiger partial charge in [-0.25, -0.2) is 0 Å². The number of hydrogen-bond acceptors (Lipinski definition) is 1. The molecule has 0 aromatic rings. The average Bonchev–Trinajstić information content (AvgIpc) is 2.60. The van der Waals surface area contributed by atoms with E-state index >= 15 is 0 Å². The first-order chi connectivity index (χ1) is 11.3. The molecule has 0 aromatic heterocycles. The Kier molecular flexibility index (Phi) is 9.34. The molecule has 0 N–H and O–H groups in total. The van der Waals surface area contributed by atoms with Crippen molar-refractivity contribution in [2.75, 3.05) is 6.61 Å². The van der Waals surface area contributed by atoms with Gasteiger partial charge in [-0.1, -0.05) is 45.3 Å². The van der Waals surface area contributed by atoms with Crippen LogP contribution in [0.5, 0.6) is 0 Å². The van der Waals surface area contributed by atoms with Crippen molar-refractivity contribution in [2.45, 2.75) is 103 Å². The first kappa shape index (κ1) is 19.0. The van der Waals surface area contributed by atoms with Gasteiger partial charge in [0.05, 0.1) is 6.10 Å². The Morgan fingerprint density at radius 2 is 1.39 bits per heavy atom. The molecule has 1 nitrogen and oxygen atoms in total. The second-order valence-electron chi connectivity index (χ2n) is 8.09. The molecule has 0 aliphatic heterocycles. The van der Waals surface area contributed by atoms with Crippen molar-refractivity contribution in [3.63, 3.8) is 0 Å². The Bertz CT molecular complexity index is 306. The standard InChI is InChI=1S/C22H40O/c1-3-5-6-7-19-8-10-20(11-9-19)12-13-21-14-16-22(17-15-21)23-18-4-2/h6-7,19-22H,3-5,8-18H2,1-2H3/t19-,20-,21-,22-. The highest BCUT2D eigenvalue weighted by Gasteiger charge is 2.24. The highest BCUT2D eigenvalue weighted by Crippen LogP contribution is 2.36. The fraction of sp³-hybridized carbons (Fsp3) is 0.909. The summed E-state index contributed by atoms with van der Waals surface area (Å²) in [5.74, 6) is 2.92. The Morgan fingerprint density at radius 3 is 1.96 bits per heavy atom. The molecule has 2 aliphatic rings. The molecular formula is C22H40O. The summed E-state index contributed by atoms with van der Waals surface area (Å²) in [4.78, 5) is 0. The molecular weight excluding hydrogens is 280 g/mol. The smallest absolute Gasteiger partial charge is 0.0575 e. The average molecular weight is 321 g/mol. The first-order valence-corrected chi connectivity index (χ1v) is 10.6. The van der Waals surface area contributed by atoms with Gasteiger partial charge in [0.15, 0.2) is 0 Å². The zero-order valence-corrected chi connectivity index (χ0v) is 15.8. The van der Waals surface area contributed by atoms with Crippen molar-refractivity contribution in [3.05, 3.63) is 12.2 Å². The van der Waals surface area contributed by atoms with Gasteiger partial charge in [-0.3, -0.25) is 0 Å². The summed E-state index contributed by atoms with van der Waals surface area (Å²) in [6.07, 6.45) is 23.6. The number of unbranched alkanes of at least 4 members (excludes halogenated alkanes) is 1. The van der Waals surface area contributed by atoms with E-state index in [1.54, 1.807) is 0 Å². The van der Waals surface area contributed by atoms with E-state index in [2.05, 4.69) is 26.0 Å². The molecule has 2 fully saturated rings. The molecule has 0 aromatic carbocycles. The highest BCUT2D eigenvalue weighted by atomic mass is 16.5. The summed E-state index contributed by atoms with van der Waals surface area (Å²) in [5.41, 5.74) is 0. The van der Waals surface area contributed by atoms with Crippen molar-refractivity contribution in [3.8, 4) is 0 Å². The molecule has 0 saturated heterocycles. The lowest BCUT2D eigenvalue weighted by Crippen LogP contribution is -2.22. The summed E-state index contributed by atoms with van der Waals surface area (Å²) in [6.45, 7) is 5.44. The van der Waals surface area contributed by atoms with E-state index in [-0.39, 0.29) is 0 Å². The van der Waals surface area contributed by atoms with Crippen LogP contribution >= 0.6 is 0 Å². The van der Waals surface area contributed by atoms with Gasteiger partial charge in [0.1, 0.15) is 0 Å². The summed E-state index contributed by atoms with van der Waals surface area (Å²) >= 11 is 0. The molecule has 2 saturated carbocycles. The monoisotopic (exact) mass is 320 g/mol. The van der Waals surface area contributed by atoms with E-state index in [1.165, 1.54) is 77.0 Å². The number of ether oxygens (including phenoxy) is 1. The van der Waals surface area contributed by atoms with Crippen LogP contribution in [0.15, 0.2) is 12.2 Å². The second-order valence-corrected chi connectivity index (χ2v) is 8.09. The maximum atomic E-state index is 5.92. The van der Waals surface area contributed by atoms with Crippen LogP contribution in [0.25, 0.3) is 0 Å². The summed E-state index contributed by atoms with van der Waals surface area (Å²) in [7, 11) is 0. The third-order valence-corrected chi connectivity index (χ3v) is 6.09. The molecule has 2 rings (SSSR count). The van der Waals surface area contributed by atoms with E-state index in [0.29, 0.717) is 6.10 Å². The van der Waals surface area contributed by atoms with Crippen LogP contribution in [0.4, 0.5) is 0 Å². The largest absolute Gasteiger partial charge is 0.378 e. The van der Waals surface area contributed by atoms with Crippen LogP contribution in [0, 0.1) is 17.8 Å². The quantitative estimate of drug-likeness (QED) is 0.419. The lowest BCUT2D eigenvalue weighted by molar-refractivity contribution is 0.0168. The van der Waals surface area contributed by atoms with E-state index in [9.17, 15) is 0 Å². The van der Waals surface area contributed by atoms with Crippen LogP contribution in [0.1, 0.15) is 97.3 Å². The first-order valence-electron chi connectivity index (χ1n) is 10.6. The van der Waals surface area contributed by atoms with Crippen LogP contribution in [-0.4, -0.2) is 12.7 Å². The number of allylic oxidation sites excluding steroid dienone is 2. The van der Waals surface area contributed by atoms with Gasteiger partial charge in [-0.2, -0.15) is 0 Å². The molecule has 0 radical (unpaired) electrons. The SMILES string of the molecule is CCCC=C[C@H]1CC[C@H](CC[C@H]2CC[C@H](OCCC)CC2)CC1. The summed E-state index contributed by atoms with van der Waals surface area (Å²) < 4.78 is 5.92. The minimum Gasteiger partial charge on any atom is -0.378 e. The number of rotatable bonds is 9. The Labute approximate surface area is 145 Å². The van der Waals surface area contributed by atoms with Gasteiger partial charge in [-0.15, -0.1) is 0 Å². The predicted octanol–water partition coefficient (Wildman–Crippen LogP) is 6.91. The van der Waals surface area contributed by atoms with Gasteiger partial charge in [0.25, 0.3) is 0 Å². The minimum atomic E-state index is 0.580. The van der Waals surface area contributed by atoms with E-state index in [0.717, 1.165) is 30.8 Å². The van der Waals surface area contributed by atoms with Crippen LogP contribution in [0.3, 0.4) is 0 Å². The van der Waals surface area contributed by atoms with Gasteiger partial charge in [-0.05, 0) is 82.0 Å². The number of hydrogen-bond donors (Lipinski definition) is 0. The molecule has 0 heterocycles. The van der Waals surface area contributed by atoms with Gasteiger partial charge in [0.2, 0.25) is 0 Å². The van der Waals surface area contributed by atoms with Crippen molar-refractivity contribution in [1.29, 1.82) is 0 Å². The van der Waals surface area contributed by atoms with Crippen molar-refractivity contribution in [1.82, 2.24) is 0 Å². The van der Waals surface area contributed by atoms with E-state index in [1.807, 2.05) is 0 Å². The minimum absolute atomic E-state index is 0.580. The fourth-order valence-electron chi connectivity index (χ4n) is 4.47. The van der Waals surface area contributed by atoms with Gasteiger partial charge >= 0.3 is 0 Å². The van der Waals surface area contributed by atoms with Crippen LogP contribution in [0.2, 0.25) is 0 Å². The molecule has 2 aliphatic carbocycles. The van der Waals surface area contributed by atoms with Crippen LogP contribution < -0.4 is 0 Å². The summed E-state index contributed by atoms with van der Waals surface area (Å²) in [6, 6.07) is 0. The predicted molar refractivity (Wildman–Crippen MR) is 101 cm³/mol. The molecule has 1 heteroatoms. The molecule has 0 bridgehead atoms. The Balaban J connectivity index is 1.54. The lowest BCUT2D eigenvalue weighted by Gasteiger charge is -2.31. The third kappa shape index (κ3) is 7.42. The molecule has 134 valence electrons. The third-order valence-electron chi connectivity index (χ3n) is 6.09. The second kappa shape index (κ2) is 11.3. The fourth-order valence-corrected chi connectivity index (χ4v) is 4.47. The normalized spacial score (nSPS) is 32.4. The highest BCUT2D eigenvalue weighted by molar-refractivity contribution is 4.91. The Morgan fingerprint density at radius 1 is 0.783 bits per heavy atom. The van der Waals surface area contributed by atoms with Crippen molar-refractivity contribution < 1.29 is 4.74 Å². The van der Waals surface area contributed by atoms with Gasteiger partial charge in [0, 0.05) is 6.61 Å². The van der Waals surface area contributed by atoms with Crippen molar-refractivity contribution in [2.24, 2.45) is 17.8 Å². The van der Waals surface area contributed by atoms with Crippen LogP contribution in [-0.2, 0) is 4.74 Å². The molecule has 0 spiro atoms. The maximum absolute atomic E-state index is 5.92. The van der Waals surface area contributed by atoms with Crippen molar-refractivity contribution >= 4 is 0 Å². The molecule has 0 atom stereocenters. The Hall–Kier alpha value is -0.300. The lowest BCUT2D eigenvalue weighted by atomic mass is 9.77.